The van der Waals surface area contributed by atoms with Crippen molar-refractivity contribution in [3.8, 4) is 17.0 Å². The third-order valence-corrected chi connectivity index (χ3v) is 4.56. The Kier molecular flexibility index (Phi) is 5.75. The summed E-state index contributed by atoms with van der Waals surface area (Å²) in [4.78, 5) is 12.2. The summed E-state index contributed by atoms with van der Waals surface area (Å²) in [6.07, 6.45) is 1.65. The van der Waals surface area contributed by atoms with Crippen molar-refractivity contribution < 1.29 is 9.53 Å². The molecule has 134 valence electrons. The Morgan fingerprint density at radius 2 is 2.00 bits per heavy atom. The van der Waals surface area contributed by atoms with Crippen LogP contribution < -0.4 is 10.1 Å². The molecule has 1 heterocycles. The minimum Gasteiger partial charge on any atom is -0.496 e. The molecular formula is C18H16Cl2N4O2. The van der Waals surface area contributed by atoms with Crippen molar-refractivity contribution in [2.45, 2.75) is 13.1 Å². The molecule has 0 fully saturated rings. The standard InChI is InChI=1S/C18H16Cl2N4O2/c1-26-16-8-3-2-5-12(16)9-21-17(25)11-24-10-15(22-23-24)13-6-4-7-14(19)18(13)20/h2-8,10H,9,11H2,1H3,(H,21,25). The van der Waals surface area contributed by atoms with Gasteiger partial charge in [0.25, 0.3) is 0 Å². The highest BCUT2D eigenvalue weighted by Gasteiger charge is 2.12. The van der Waals surface area contributed by atoms with Crippen molar-refractivity contribution in [3.05, 3.63) is 64.3 Å². The molecule has 0 aliphatic heterocycles. The molecule has 3 aromatic rings. The van der Waals surface area contributed by atoms with Gasteiger partial charge in [0.05, 0.1) is 23.4 Å². The van der Waals surface area contributed by atoms with E-state index in [4.69, 9.17) is 27.9 Å². The maximum atomic E-state index is 12.2. The van der Waals surface area contributed by atoms with Gasteiger partial charge in [0, 0.05) is 17.7 Å². The fourth-order valence-electron chi connectivity index (χ4n) is 2.45. The van der Waals surface area contributed by atoms with Gasteiger partial charge in [-0.15, -0.1) is 5.10 Å². The predicted molar refractivity (Wildman–Crippen MR) is 100 cm³/mol. The molecular weight excluding hydrogens is 375 g/mol. The fourth-order valence-corrected chi connectivity index (χ4v) is 2.84. The number of aromatic nitrogens is 3. The van der Waals surface area contributed by atoms with Gasteiger partial charge < -0.3 is 10.1 Å². The van der Waals surface area contributed by atoms with E-state index in [0.717, 1.165) is 11.3 Å². The molecule has 2 aromatic carbocycles. The Balaban J connectivity index is 1.64. The molecule has 0 unspecified atom stereocenters. The van der Waals surface area contributed by atoms with Gasteiger partial charge in [-0.2, -0.15) is 0 Å². The summed E-state index contributed by atoms with van der Waals surface area (Å²) >= 11 is 12.2. The van der Waals surface area contributed by atoms with Crippen molar-refractivity contribution in [1.29, 1.82) is 0 Å². The van der Waals surface area contributed by atoms with Crippen LogP contribution in [0.15, 0.2) is 48.7 Å². The Hall–Kier alpha value is -2.57. The molecule has 0 bridgehead atoms. The number of benzene rings is 2. The van der Waals surface area contributed by atoms with Crippen molar-refractivity contribution in [2.24, 2.45) is 0 Å². The van der Waals surface area contributed by atoms with E-state index in [-0.39, 0.29) is 12.5 Å². The summed E-state index contributed by atoms with van der Waals surface area (Å²) in [5, 5.41) is 11.7. The summed E-state index contributed by atoms with van der Waals surface area (Å²) in [6.45, 7) is 0.408. The maximum absolute atomic E-state index is 12.2. The molecule has 0 radical (unpaired) electrons. The predicted octanol–water partition coefficient (Wildman–Crippen LogP) is 3.58. The van der Waals surface area contributed by atoms with E-state index < -0.39 is 0 Å². The normalized spacial score (nSPS) is 10.6. The average molecular weight is 391 g/mol. The second kappa shape index (κ2) is 8.21. The van der Waals surface area contributed by atoms with Gasteiger partial charge in [-0.3, -0.25) is 4.79 Å². The lowest BCUT2D eigenvalue weighted by atomic mass is 10.2. The van der Waals surface area contributed by atoms with Gasteiger partial charge in [0.1, 0.15) is 18.0 Å². The monoisotopic (exact) mass is 390 g/mol. The molecule has 3 rings (SSSR count). The van der Waals surface area contributed by atoms with Crippen molar-refractivity contribution in [1.82, 2.24) is 20.3 Å². The summed E-state index contributed by atoms with van der Waals surface area (Å²) in [5.41, 5.74) is 2.11. The van der Waals surface area contributed by atoms with Gasteiger partial charge in [-0.05, 0) is 12.1 Å². The number of hydrogen-bond donors (Lipinski definition) is 1. The largest absolute Gasteiger partial charge is 0.496 e. The smallest absolute Gasteiger partial charge is 0.242 e. The highest BCUT2D eigenvalue weighted by molar-refractivity contribution is 6.43. The minimum atomic E-state index is -0.190. The number of carbonyl (C=O) groups is 1. The van der Waals surface area contributed by atoms with Crippen LogP contribution in [0.5, 0.6) is 5.75 Å². The molecule has 0 saturated carbocycles. The summed E-state index contributed by atoms with van der Waals surface area (Å²) in [6, 6.07) is 12.8. The van der Waals surface area contributed by atoms with Crippen LogP contribution in [0.2, 0.25) is 10.0 Å². The van der Waals surface area contributed by atoms with Crippen molar-refractivity contribution >= 4 is 29.1 Å². The molecule has 1 amide bonds. The molecule has 1 N–H and O–H groups in total. The number of nitrogens with one attached hydrogen (secondary N) is 1. The lowest BCUT2D eigenvalue weighted by molar-refractivity contribution is -0.122. The lowest BCUT2D eigenvalue weighted by Crippen LogP contribution is -2.27. The number of amides is 1. The summed E-state index contributed by atoms with van der Waals surface area (Å²) in [7, 11) is 1.60. The number of nitrogens with zero attached hydrogens (tertiary/aromatic N) is 3. The summed E-state index contributed by atoms with van der Waals surface area (Å²) in [5.74, 6) is 0.538. The number of ether oxygens (including phenoxy) is 1. The van der Waals surface area contributed by atoms with Crippen LogP contribution in [0.25, 0.3) is 11.3 Å². The third kappa shape index (κ3) is 4.15. The Morgan fingerprint density at radius 1 is 1.19 bits per heavy atom. The number of para-hydroxylation sites is 1. The van der Waals surface area contributed by atoms with Crippen LogP contribution in [0.3, 0.4) is 0 Å². The number of halogens is 2. The first-order valence-corrected chi connectivity index (χ1v) is 8.57. The number of hydrogen-bond acceptors (Lipinski definition) is 4. The van der Waals surface area contributed by atoms with Gasteiger partial charge in [0.15, 0.2) is 0 Å². The molecule has 1 aromatic heterocycles. The van der Waals surface area contributed by atoms with E-state index in [0.29, 0.717) is 27.8 Å². The van der Waals surface area contributed by atoms with E-state index in [9.17, 15) is 4.79 Å². The molecule has 6 nitrogen and oxygen atoms in total. The number of carbonyl (C=O) groups excluding carboxylic acids is 1. The number of methoxy groups -OCH3 is 1. The zero-order chi connectivity index (χ0) is 18.5. The van der Waals surface area contributed by atoms with Crippen LogP contribution in [-0.2, 0) is 17.9 Å². The number of rotatable bonds is 6. The van der Waals surface area contributed by atoms with E-state index in [1.807, 2.05) is 24.3 Å². The van der Waals surface area contributed by atoms with E-state index in [2.05, 4.69) is 15.6 Å². The van der Waals surface area contributed by atoms with Crippen LogP contribution in [0, 0.1) is 0 Å². The van der Waals surface area contributed by atoms with E-state index in [1.54, 1.807) is 31.5 Å². The minimum absolute atomic E-state index is 0.0420. The first-order valence-electron chi connectivity index (χ1n) is 7.81. The average Bonchev–Trinajstić information content (AvgIpc) is 3.10. The highest BCUT2D eigenvalue weighted by atomic mass is 35.5. The molecule has 26 heavy (non-hydrogen) atoms. The Bertz CT molecular complexity index is 927. The lowest BCUT2D eigenvalue weighted by Gasteiger charge is -2.09. The van der Waals surface area contributed by atoms with Gasteiger partial charge >= 0.3 is 0 Å². The molecule has 8 heteroatoms. The van der Waals surface area contributed by atoms with Crippen molar-refractivity contribution in [3.63, 3.8) is 0 Å². The zero-order valence-electron chi connectivity index (χ0n) is 13.9. The maximum Gasteiger partial charge on any atom is 0.242 e. The second-order valence-electron chi connectivity index (χ2n) is 5.49. The van der Waals surface area contributed by atoms with E-state index >= 15 is 0 Å². The second-order valence-corrected chi connectivity index (χ2v) is 6.28. The molecule has 0 atom stereocenters. The first-order chi connectivity index (χ1) is 12.6. The SMILES string of the molecule is COc1ccccc1CNC(=O)Cn1cc(-c2cccc(Cl)c2Cl)nn1. The van der Waals surface area contributed by atoms with Crippen molar-refractivity contribution in [2.75, 3.05) is 7.11 Å². The molecule has 0 spiro atoms. The van der Waals surface area contributed by atoms with Crippen LogP contribution in [-0.4, -0.2) is 28.0 Å². The molecule has 0 aliphatic carbocycles. The van der Waals surface area contributed by atoms with Gasteiger partial charge in [0.2, 0.25) is 5.91 Å². The fraction of sp³-hybridized carbons (Fsp3) is 0.167. The topological polar surface area (TPSA) is 69.0 Å². The third-order valence-electron chi connectivity index (χ3n) is 3.74. The first kappa shape index (κ1) is 18.2. The Labute approximate surface area is 160 Å². The highest BCUT2D eigenvalue weighted by Crippen LogP contribution is 2.32. The Morgan fingerprint density at radius 3 is 2.81 bits per heavy atom. The van der Waals surface area contributed by atoms with Gasteiger partial charge in [-0.1, -0.05) is 58.7 Å². The van der Waals surface area contributed by atoms with Gasteiger partial charge in [-0.25, -0.2) is 4.68 Å². The van der Waals surface area contributed by atoms with Crippen LogP contribution in [0.4, 0.5) is 0 Å². The van der Waals surface area contributed by atoms with Crippen LogP contribution in [0.1, 0.15) is 5.56 Å². The molecule has 0 aliphatic rings. The van der Waals surface area contributed by atoms with Crippen LogP contribution >= 0.6 is 23.2 Å². The zero-order valence-corrected chi connectivity index (χ0v) is 15.5. The molecule has 0 saturated heterocycles. The summed E-state index contributed by atoms with van der Waals surface area (Å²) < 4.78 is 6.72. The quantitative estimate of drug-likeness (QED) is 0.698. The van der Waals surface area contributed by atoms with E-state index in [1.165, 1.54) is 4.68 Å².